The summed E-state index contributed by atoms with van der Waals surface area (Å²) in [6.45, 7) is 2.34. The minimum absolute atomic E-state index is 0.268. The molecule has 3 rings (SSSR count). The summed E-state index contributed by atoms with van der Waals surface area (Å²) in [6, 6.07) is 10.7. The Morgan fingerprint density at radius 1 is 1.24 bits per heavy atom. The number of nitrogens with two attached hydrogens (primary N) is 1. The number of nitrogen functional groups attached to an aromatic ring is 1. The molecule has 1 heterocycles. The number of benzene rings is 2. The zero-order valence-corrected chi connectivity index (χ0v) is 13.9. The molecule has 110 valence electrons. The van der Waals surface area contributed by atoms with Gasteiger partial charge in [0.15, 0.2) is 0 Å². The molecule has 1 aliphatic heterocycles. The van der Waals surface area contributed by atoms with E-state index in [1.165, 1.54) is 4.31 Å². The van der Waals surface area contributed by atoms with E-state index in [-0.39, 0.29) is 4.90 Å². The fourth-order valence-electron chi connectivity index (χ4n) is 2.63. The topological polar surface area (TPSA) is 63.4 Å². The molecule has 0 aromatic heterocycles. The summed E-state index contributed by atoms with van der Waals surface area (Å²) in [5.74, 6) is 0. The Kier molecular flexibility index (Phi) is 3.45. The van der Waals surface area contributed by atoms with E-state index in [1.807, 2.05) is 19.1 Å². The summed E-state index contributed by atoms with van der Waals surface area (Å²) in [4.78, 5) is 0.268. The maximum Gasteiger partial charge on any atom is 0.265 e. The van der Waals surface area contributed by atoms with Gasteiger partial charge in [-0.1, -0.05) is 18.2 Å². The highest BCUT2D eigenvalue weighted by molar-refractivity contribution is 9.10. The van der Waals surface area contributed by atoms with Crippen LogP contribution in [0.4, 0.5) is 11.4 Å². The summed E-state index contributed by atoms with van der Waals surface area (Å²) in [5, 5.41) is 0. The maximum absolute atomic E-state index is 12.9. The van der Waals surface area contributed by atoms with E-state index in [1.54, 1.807) is 24.3 Å². The molecule has 0 bridgehead atoms. The van der Waals surface area contributed by atoms with Crippen LogP contribution in [-0.2, 0) is 16.4 Å². The first-order valence-electron chi connectivity index (χ1n) is 6.57. The molecule has 2 aromatic carbocycles. The van der Waals surface area contributed by atoms with E-state index in [2.05, 4.69) is 15.9 Å². The molecule has 4 nitrogen and oxygen atoms in total. The average molecular weight is 367 g/mol. The second-order valence-electron chi connectivity index (χ2n) is 5.12. The number of rotatable bonds is 2. The lowest BCUT2D eigenvalue weighted by atomic mass is 10.1. The Balaban J connectivity index is 2.14. The van der Waals surface area contributed by atoms with Crippen LogP contribution in [0, 0.1) is 6.92 Å². The number of nitrogens with zero attached hydrogens (tertiary/aromatic N) is 1. The molecule has 6 heteroatoms. The van der Waals surface area contributed by atoms with E-state index < -0.39 is 10.0 Å². The number of anilines is 2. The van der Waals surface area contributed by atoms with Gasteiger partial charge in [0.25, 0.3) is 10.0 Å². The number of hydrogen-bond acceptors (Lipinski definition) is 3. The van der Waals surface area contributed by atoms with E-state index >= 15 is 0 Å². The lowest BCUT2D eigenvalue weighted by Gasteiger charge is -2.21. The van der Waals surface area contributed by atoms with Crippen LogP contribution in [0.1, 0.15) is 11.1 Å². The van der Waals surface area contributed by atoms with Crippen LogP contribution in [0.15, 0.2) is 45.8 Å². The minimum Gasteiger partial charge on any atom is -0.397 e. The van der Waals surface area contributed by atoms with Crippen molar-refractivity contribution in [3.05, 3.63) is 52.0 Å². The van der Waals surface area contributed by atoms with Gasteiger partial charge < -0.3 is 5.73 Å². The van der Waals surface area contributed by atoms with Gasteiger partial charge in [-0.15, -0.1) is 0 Å². The first-order chi connectivity index (χ1) is 9.91. The van der Waals surface area contributed by atoms with Gasteiger partial charge in [0.1, 0.15) is 4.90 Å². The smallest absolute Gasteiger partial charge is 0.265 e. The first kappa shape index (κ1) is 14.4. The Morgan fingerprint density at radius 3 is 2.71 bits per heavy atom. The monoisotopic (exact) mass is 366 g/mol. The highest BCUT2D eigenvalue weighted by Gasteiger charge is 2.33. The molecule has 1 aliphatic rings. The molecule has 21 heavy (non-hydrogen) atoms. The van der Waals surface area contributed by atoms with Crippen LogP contribution in [-0.4, -0.2) is 15.0 Å². The van der Waals surface area contributed by atoms with E-state index in [0.29, 0.717) is 28.8 Å². The number of fused-ring (bicyclic) bond motifs is 1. The molecule has 0 aliphatic carbocycles. The van der Waals surface area contributed by atoms with Gasteiger partial charge in [0.05, 0.1) is 11.4 Å². The summed E-state index contributed by atoms with van der Waals surface area (Å²) >= 11 is 3.35. The van der Waals surface area contributed by atoms with Crippen molar-refractivity contribution in [3.8, 4) is 0 Å². The van der Waals surface area contributed by atoms with Gasteiger partial charge in [0.2, 0.25) is 0 Å². The standard InChI is InChI=1S/C15H15BrN2O2S/c1-10-5-6-14(12(16)9-10)21(19,20)18-8-7-11-3-2-4-13(17)15(11)18/h2-6,9H,7-8,17H2,1H3. The number of hydrogen-bond donors (Lipinski definition) is 1. The molecule has 0 amide bonds. The maximum atomic E-state index is 12.9. The Morgan fingerprint density at radius 2 is 2.00 bits per heavy atom. The lowest BCUT2D eigenvalue weighted by Crippen LogP contribution is -2.30. The third-order valence-corrected chi connectivity index (χ3v) is 6.42. The van der Waals surface area contributed by atoms with E-state index in [9.17, 15) is 8.42 Å². The molecule has 0 saturated carbocycles. The van der Waals surface area contributed by atoms with Crippen LogP contribution in [0.3, 0.4) is 0 Å². The van der Waals surface area contributed by atoms with Crippen molar-refractivity contribution in [3.63, 3.8) is 0 Å². The fourth-order valence-corrected chi connectivity index (χ4v) is 5.31. The number of aryl methyl sites for hydroxylation is 1. The van der Waals surface area contributed by atoms with Crippen molar-refractivity contribution >= 4 is 37.3 Å². The Labute approximate surface area is 132 Å². The fraction of sp³-hybridized carbons (Fsp3) is 0.200. The molecular weight excluding hydrogens is 352 g/mol. The van der Waals surface area contributed by atoms with Crippen molar-refractivity contribution in [2.24, 2.45) is 0 Å². The molecule has 0 radical (unpaired) electrons. The van der Waals surface area contributed by atoms with Gasteiger partial charge in [-0.25, -0.2) is 8.42 Å². The molecule has 2 N–H and O–H groups in total. The molecule has 0 fully saturated rings. The number of para-hydroxylation sites is 1. The minimum atomic E-state index is -3.62. The van der Waals surface area contributed by atoms with Crippen molar-refractivity contribution in [2.45, 2.75) is 18.2 Å². The van der Waals surface area contributed by atoms with E-state index in [4.69, 9.17) is 5.73 Å². The summed E-state index contributed by atoms with van der Waals surface area (Å²) in [6.07, 6.45) is 0.684. The number of halogens is 1. The largest absolute Gasteiger partial charge is 0.397 e. The Bertz CT molecular complexity index is 818. The highest BCUT2D eigenvalue weighted by Crippen LogP contribution is 2.38. The zero-order valence-electron chi connectivity index (χ0n) is 11.5. The van der Waals surface area contributed by atoms with Crippen LogP contribution in [0.5, 0.6) is 0 Å². The molecular formula is C15H15BrN2O2S. The van der Waals surface area contributed by atoms with E-state index in [0.717, 1.165) is 11.1 Å². The molecule has 0 atom stereocenters. The quantitative estimate of drug-likeness (QED) is 0.830. The number of sulfonamides is 1. The van der Waals surface area contributed by atoms with Crippen molar-refractivity contribution in [1.82, 2.24) is 0 Å². The second kappa shape index (κ2) is 5.03. The van der Waals surface area contributed by atoms with Gasteiger partial charge in [-0.3, -0.25) is 4.31 Å². The molecule has 0 saturated heterocycles. The molecule has 0 spiro atoms. The van der Waals surface area contributed by atoms with Crippen molar-refractivity contribution in [1.29, 1.82) is 0 Å². The summed E-state index contributed by atoms with van der Waals surface area (Å²) < 4.78 is 27.8. The summed E-state index contributed by atoms with van der Waals surface area (Å²) in [5.41, 5.74) is 9.07. The second-order valence-corrected chi connectivity index (χ2v) is 7.80. The van der Waals surface area contributed by atoms with Crippen molar-refractivity contribution in [2.75, 3.05) is 16.6 Å². The van der Waals surface area contributed by atoms with Gasteiger partial charge in [0, 0.05) is 11.0 Å². The third-order valence-electron chi connectivity index (χ3n) is 3.64. The average Bonchev–Trinajstić information content (AvgIpc) is 2.84. The third kappa shape index (κ3) is 2.32. The normalized spacial score (nSPS) is 14.3. The highest BCUT2D eigenvalue weighted by atomic mass is 79.9. The first-order valence-corrected chi connectivity index (χ1v) is 8.81. The predicted octanol–water partition coefficient (Wildman–Crippen LogP) is 3.09. The van der Waals surface area contributed by atoms with Crippen LogP contribution >= 0.6 is 15.9 Å². The van der Waals surface area contributed by atoms with Crippen LogP contribution in [0.2, 0.25) is 0 Å². The Hall–Kier alpha value is -1.53. The SMILES string of the molecule is Cc1ccc(S(=O)(=O)N2CCc3cccc(N)c32)c(Br)c1. The molecule has 0 unspecified atom stereocenters. The zero-order chi connectivity index (χ0) is 15.2. The van der Waals surface area contributed by atoms with Gasteiger partial charge >= 0.3 is 0 Å². The van der Waals surface area contributed by atoms with Crippen molar-refractivity contribution < 1.29 is 8.42 Å². The van der Waals surface area contributed by atoms with Crippen LogP contribution in [0.25, 0.3) is 0 Å². The predicted molar refractivity (Wildman–Crippen MR) is 88.0 cm³/mol. The molecule has 2 aromatic rings. The lowest BCUT2D eigenvalue weighted by molar-refractivity contribution is 0.592. The van der Waals surface area contributed by atoms with Gasteiger partial charge in [-0.2, -0.15) is 0 Å². The van der Waals surface area contributed by atoms with Crippen LogP contribution < -0.4 is 10.0 Å². The summed E-state index contributed by atoms with van der Waals surface area (Å²) in [7, 11) is -3.62. The van der Waals surface area contributed by atoms with Gasteiger partial charge in [-0.05, 0) is 58.6 Å².